The van der Waals surface area contributed by atoms with E-state index in [0.717, 1.165) is 5.13 Å². The molecular weight excluding hydrogens is 250 g/mol. The van der Waals surface area contributed by atoms with Crippen molar-refractivity contribution < 1.29 is 4.74 Å². The summed E-state index contributed by atoms with van der Waals surface area (Å²) in [6.07, 6.45) is 1.73. The van der Waals surface area contributed by atoms with Gasteiger partial charge in [-0.3, -0.25) is 4.79 Å². The number of aromatic nitrogens is 2. The van der Waals surface area contributed by atoms with Gasteiger partial charge in [-0.15, -0.1) is 11.3 Å². The molecule has 96 valence electrons. The topological polar surface area (TPSA) is 56.1 Å². The normalized spacial score (nSPS) is 10.6. The zero-order valence-corrected chi connectivity index (χ0v) is 11.2. The number of aryl methyl sites for hydroxylation is 1. The van der Waals surface area contributed by atoms with Crippen LogP contribution in [0.15, 0.2) is 28.5 Å². The van der Waals surface area contributed by atoms with Gasteiger partial charge in [-0.2, -0.15) is 0 Å². The molecule has 0 aliphatic rings. The fourth-order valence-corrected chi connectivity index (χ4v) is 2.27. The van der Waals surface area contributed by atoms with E-state index in [-0.39, 0.29) is 5.56 Å². The summed E-state index contributed by atoms with van der Waals surface area (Å²) in [6, 6.07) is 3.63. The lowest BCUT2D eigenvalue weighted by atomic mass is 10.2. The van der Waals surface area contributed by atoms with Crippen LogP contribution >= 0.6 is 11.3 Å². The summed E-state index contributed by atoms with van der Waals surface area (Å²) >= 11 is 1.48. The molecule has 0 amide bonds. The van der Waals surface area contributed by atoms with Gasteiger partial charge in [0.1, 0.15) is 0 Å². The Morgan fingerprint density at radius 1 is 1.56 bits per heavy atom. The summed E-state index contributed by atoms with van der Waals surface area (Å²) in [4.78, 5) is 16.3. The van der Waals surface area contributed by atoms with E-state index in [4.69, 9.17) is 4.74 Å². The highest BCUT2D eigenvalue weighted by Gasteiger charge is 2.08. The number of hydrogen-bond acceptors (Lipinski definition) is 5. The number of methoxy groups -OCH3 is 1. The molecule has 1 N–H and O–H groups in total. The summed E-state index contributed by atoms with van der Waals surface area (Å²) in [5.41, 5.74) is 1.29. The van der Waals surface area contributed by atoms with Crippen LogP contribution in [-0.2, 0) is 11.8 Å². The lowest BCUT2D eigenvalue weighted by Crippen LogP contribution is -2.17. The van der Waals surface area contributed by atoms with Crippen molar-refractivity contribution in [2.45, 2.75) is 0 Å². The van der Waals surface area contributed by atoms with Crippen LogP contribution in [0.2, 0.25) is 0 Å². The molecule has 2 aromatic heterocycles. The van der Waals surface area contributed by atoms with E-state index < -0.39 is 0 Å². The first-order valence-corrected chi connectivity index (χ1v) is 6.44. The molecule has 0 fully saturated rings. The van der Waals surface area contributed by atoms with Gasteiger partial charge in [0.2, 0.25) is 0 Å². The second-order valence-corrected chi connectivity index (χ2v) is 4.65. The predicted molar refractivity (Wildman–Crippen MR) is 73.2 cm³/mol. The van der Waals surface area contributed by atoms with Crippen molar-refractivity contribution in [3.05, 3.63) is 34.1 Å². The second-order valence-electron chi connectivity index (χ2n) is 3.80. The van der Waals surface area contributed by atoms with E-state index >= 15 is 0 Å². The Kier molecular flexibility index (Phi) is 4.11. The summed E-state index contributed by atoms with van der Waals surface area (Å²) in [5.74, 6) is 0. The molecule has 0 atom stereocenters. The van der Waals surface area contributed by atoms with Crippen molar-refractivity contribution in [2.24, 2.45) is 7.05 Å². The molecular formula is C12H15N3O2S. The molecule has 0 saturated heterocycles. The number of pyridine rings is 1. The molecule has 2 heterocycles. The van der Waals surface area contributed by atoms with Crippen molar-refractivity contribution in [2.75, 3.05) is 25.6 Å². The highest BCUT2D eigenvalue weighted by atomic mass is 32.1. The van der Waals surface area contributed by atoms with Crippen molar-refractivity contribution in [3.63, 3.8) is 0 Å². The third kappa shape index (κ3) is 2.77. The molecule has 0 saturated carbocycles. The van der Waals surface area contributed by atoms with Gasteiger partial charge in [0.15, 0.2) is 5.13 Å². The first-order chi connectivity index (χ1) is 8.72. The molecule has 0 aliphatic carbocycles. The van der Waals surface area contributed by atoms with Gasteiger partial charge in [0.05, 0.1) is 17.9 Å². The van der Waals surface area contributed by atoms with E-state index in [9.17, 15) is 4.79 Å². The minimum atomic E-state index is -0.0359. The highest BCUT2D eigenvalue weighted by Crippen LogP contribution is 2.22. The van der Waals surface area contributed by atoms with E-state index in [1.165, 1.54) is 11.3 Å². The van der Waals surface area contributed by atoms with E-state index in [1.807, 2.05) is 11.4 Å². The lowest BCUT2D eigenvalue weighted by molar-refractivity contribution is 0.211. The van der Waals surface area contributed by atoms with Crippen LogP contribution in [0.25, 0.3) is 11.3 Å². The van der Waals surface area contributed by atoms with Crippen molar-refractivity contribution in [1.29, 1.82) is 0 Å². The lowest BCUT2D eigenvalue weighted by Gasteiger charge is -2.01. The number of hydrogen-bond donors (Lipinski definition) is 1. The van der Waals surface area contributed by atoms with E-state index in [0.29, 0.717) is 24.4 Å². The molecule has 2 rings (SSSR count). The average Bonchev–Trinajstić information content (AvgIpc) is 2.82. The average molecular weight is 265 g/mol. The van der Waals surface area contributed by atoms with Gasteiger partial charge >= 0.3 is 0 Å². The summed E-state index contributed by atoms with van der Waals surface area (Å²) in [7, 11) is 3.39. The monoisotopic (exact) mass is 265 g/mol. The fraction of sp³-hybridized carbons (Fsp3) is 0.333. The van der Waals surface area contributed by atoms with Crippen LogP contribution in [0.1, 0.15) is 0 Å². The maximum Gasteiger partial charge on any atom is 0.259 e. The van der Waals surface area contributed by atoms with Gasteiger partial charge in [-0.25, -0.2) is 4.98 Å². The summed E-state index contributed by atoms with van der Waals surface area (Å²) in [5, 5.41) is 5.82. The van der Waals surface area contributed by atoms with Crippen molar-refractivity contribution in [3.8, 4) is 11.3 Å². The van der Waals surface area contributed by atoms with Gasteiger partial charge in [-0.05, 0) is 12.1 Å². The smallest absolute Gasteiger partial charge is 0.259 e. The molecule has 0 radical (unpaired) electrons. The Balaban J connectivity index is 2.19. The first-order valence-electron chi connectivity index (χ1n) is 5.56. The van der Waals surface area contributed by atoms with Crippen LogP contribution in [0.5, 0.6) is 0 Å². The zero-order chi connectivity index (χ0) is 13.0. The zero-order valence-electron chi connectivity index (χ0n) is 10.3. The maximum atomic E-state index is 11.9. The Labute approximate surface area is 109 Å². The van der Waals surface area contributed by atoms with Crippen LogP contribution < -0.4 is 10.9 Å². The molecule has 5 nitrogen and oxygen atoms in total. The largest absolute Gasteiger partial charge is 0.383 e. The molecule has 0 bridgehead atoms. The minimum Gasteiger partial charge on any atom is -0.383 e. The van der Waals surface area contributed by atoms with Crippen LogP contribution in [-0.4, -0.2) is 29.8 Å². The number of thiazole rings is 1. The van der Waals surface area contributed by atoms with Gasteiger partial charge < -0.3 is 14.6 Å². The summed E-state index contributed by atoms with van der Waals surface area (Å²) < 4.78 is 6.50. The van der Waals surface area contributed by atoms with Crippen LogP contribution in [0.4, 0.5) is 5.13 Å². The van der Waals surface area contributed by atoms with Crippen LogP contribution in [0, 0.1) is 0 Å². The predicted octanol–water partition coefficient (Wildman–Crippen LogP) is 1.57. The number of anilines is 1. The molecule has 0 unspecified atom stereocenters. The highest BCUT2D eigenvalue weighted by molar-refractivity contribution is 7.14. The third-order valence-electron chi connectivity index (χ3n) is 2.49. The Morgan fingerprint density at radius 2 is 2.39 bits per heavy atom. The summed E-state index contributed by atoms with van der Waals surface area (Å²) in [6.45, 7) is 1.33. The van der Waals surface area contributed by atoms with Gasteiger partial charge in [0.25, 0.3) is 5.56 Å². The van der Waals surface area contributed by atoms with Crippen molar-refractivity contribution in [1.82, 2.24) is 9.55 Å². The Morgan fingerprint density at radius 3 is 3.17 bits per heavy atom. The van der Waals surface area contributed by atoms with Crippen LogP contribution in [0.3, 0.4) is 0 Å². The third-order valence-corrected chi connectivity index (χ3v) is 3.29. The van der Waals surface area contributed by atoms with E-state index in [2.05, 4.69) is 10.3 Å². The number of nitrogens with one attached hydrogen (secondary N) is 1. The molecule has 0 spiro atoms. The maximum absolute atomic E-state index is 11.9. The first kappa shape index (κ1) is 12.8. The minimum absolute atomic E-state index is 0.0359. The van der Waals surface area contributed by atoms with Gasteiger partial charge in [0, 0.05) is 32.3 Å². The Hall–Kier alpha value is -1.66. The fourth-order valence-electron chi connectivity index (χ4n) is 1.53. The molecule has 6 heteroatoms. The molecule has 0 aromatic carbocycles. The molecule has 2 aromatic rings. The van der Waals surface area contributed by atoms with Crippen molar-refractivity contribution >= 4 is 16.5 Å². The molecule has 0 aliphatic heterocycles. The van der Waals surface area contributed by atoms with E-state index in [1.54, 1.807) is 31.0 Å². The quantitative estimate of drug-likeness (QED) is 0.834. The second kappa shape index (κ2) is 5.79. The SMILES string of the molecule is COCCNc1nc(-c2cccn(C)c2=O)cs1. The number of nitrogens with zero attached hydrogens (tertiary/aromatic N) is 2. The van der Waals surface area contributed by atoms with Gasteiger partial charge in [-0.1, -0.05) is 0 Å². The standard InChI is InChI=1S/C12H15N3O2S/c1-15-6-3-4-9(11(15)16)10-8-18-12(14-10)13-5-7-17-2/h3-4,6,8H,5,7H2,1-2H3,(H,13,14). The number of rotatable bonds is 5. The molecule has 18 heavy (non-hydrogen) atoms. The number of ether oxygens (including phenoxy) is 1. The Bertz CT molecular complexity index is 577.